The van der Waals surface area contributed by atoms with Gasteiger partial charge in [0.2, 0.25) is 10.0 Å². The topological polar surface area (TPSA) is 96.6 Å². The molecule has 12 heteroatoms. The summed E-state index contributed by atoms with van der Waals surface area (Å²) in [5.74, 6) is 0.715. The van der Waals surface area contributed by atoms with E-state index in [0.29, 0.717) is 42.5 Å². The fourth-order valence-electron chi connectivity index (χ4n) is 4.75. The SMILES string of the molecule is CS(=O)(=O)N1CCC2(CCCN(c3cc(-c4cnc5ccc(C(F)F)nn45)ncn3)C2)C1. The average molecular weight is 464 g/mol. The predicted octanol–water partition coefficient (Wildman–Crippen LogP) is 2.38. The Morgan fingerprint density at radius 3 is 2.69 bits per heavy atom. The Morgan fingerprint density at radius 2 is 1.94 bits per heavy atom. The Bertz CT molecular complexity index is 1270. The van der Waals surface area contributed by atoms with E-state index in [2.05, 4.69) is 25.0 Å². The van der Waals surface area contributed by atoms with Gasteiger partial charge >= 0.3 is 0 Å². The maximum Gasteiger partial charge on any atom is 0.282 e. The van der Waals surface area contributed by atoms with Crippen LogP contribution in [0.4, 0.5) is 14.6 Å². The van der Waals surface area contributed by atoms with Crippen LogP contribution in [-0.2, 0) is 10.0 Å². The van der Waals surface area contributed by atoms with Crippen molar-refractivity contribution in [3.63, 3.8) is 0 Å². The summed E-state index contributed by atoms with van der Waals surface area (Å²) < 4.78 is 53.1. The highest BCUT2D eigenvalue weighted by Crippen LogP contribution is 2.41. The van der Waals surface area contributed by atoms with E-state index >= 15 is 0 Å². The van der Waals surface area contributed by atoms with Gasteiger partial charge in [0.05, 0.1) is 18.1 Å². The molecular weight excluding hydrogens is 440 g/mol. The second-order valence-electron chi connectivity index (χ2n) is 8.61. The van der Waals surface area contributed by atoms with E-state index in [9.17, 15) is 17.2 Å². The molecule has 5 heterocycles. The maximum atomic E-state index is 13.1. The second kappa shape index (κ2) is 7.69. The molecule has 2 aliphatic rings. The van der Waals surface area contributed by atoms with Gasteiger partial charge in [0.1, 0.15) is 23.5 Å². The van der Waals surface area contributed by atoms with E-state index in [1.54, 1.807) is 10.5 Å². The molecule has 0 aliphatic carbocycles. The zero-order valence-electron chi connectivity index (χ0n) is 17.5. The van der Waals surface area contributed by atoms with Crippen molar-refractivity contribution >= 4 is 21.5 Å². The van der Waals surface area contributed by atoms with Crippen LogP contribution in [-0.4, -0.2) is 69.7 Å². The first-order valence-corrected chi connectivity index (χ1v) is 12.2. The van der Waals surface area contributed by atoms with Gasteiger partial charge in [-0.15, -0.1) is 0 Å². The monoisotopic (exact) mass is 463 g/mol. The van der Waals surface area contributed by atoms with Gasteiger partial charge in [0.25, 0.3) is 6.43 Å². The molecule has 0 radical (unpaired) electrons. The number of alkyl halides is 2. The molecule has 170 valence electrons. The molecule has 2 aliphatic heterocycles. The van der Waals surface area contributed by atoms with E-state index in [0.717, 1.165) is 25.8 Å². The van der Waals surface area contributed by atoms with Crippen molar-refractivity contribution in [3.8, 4) is 11.4 Å². The lowest BCUT2D eigenvalue weighted by Crippen LogP contribution is -2.45. The Morgan fingerprint density at radius 1 is 1.09 bits per heavy atom. The van der Waals surface area contributed by atoms with E-state index in [1.165, 1.54) is 29.2 Å². The Hall–Kier alpha value is -2.73. The molecule has 0 aromatic carbocycles. The van der Waals surface area contributed by atoms with Crippen LogP contribution in [0.3, 0.4) is 0 Å². The lowest BCUT2D eigenvalue weighted by molar-refractivity contribution is 0.144. The molecule has 0 amide bonds. The van der Waals surface area contributed by atoms with Gasteiger partial charge in [-0.3, -0.25) is 0 Å². The first-order chi connectivity index (χ1) is 15.2. The maximum absolute atomic E-state index is 13.1. The first-order valence-electron chi connectivity index (χ1n) is 10.4. The van der Waals surface area contributed by atoms with E-state index < -0.39 is 16.4 Å². The molecule has 2 saturated heterocycles. The summed E-state index contributed by atoms with van der Waals surface area (Å²) in [7, 11) is -3.21. The van der Waals surface area contributed by atoms with Crippen molar-refractivity contribution in [2.24, 2.45) is 5.41 Å². The van der Waals surface area contributed by atoms with Crippen molar-refractivity contribution in [1.82, 2.24) is 28.9 Å². The number of hydrogen-bond donors (Lipinski definition) is 0. The second-order valence-corrected chi connectivity index (χ2v) is 10.6. The van der Waals surface area contributed by atoms with Crippen LogP contribution >= 0.6 is 0 Å². The third kappa shape index (κ3) is 3.81. The standard InChI is InChI=1S/C20H23F2N7O2S/c1-32(30,31)28-8-6-20(12-28)5-2-7-27(11-20)18-9-15(24-13-25-18)16-10-23-17-4-3-14(19(21)22)26-29(16)17/h3-4,9-10,13,19H,2,5-8,11-12H2,1H3. The van der Waals surface area contributed by atoms with Gasteiger partial charge in [0.15, 0.2) is 5.65 Å². The number of halogens is 2. The van der Waals surface area contributed by atoms with Crippen LogP contribution in [0.25, 0.3) is 17.0 Å². The van der Waals surface area contributed by atoms with Gasteiger partial charge in [-0.05, 0) is 31.4 Å². The number of piperidine rings is 1. The van der Waals surface area contributed by atoms with Crippen LogP contribution in [0, 0.1) is 5.41 Å². The fourth-order valence-corrected chi connectivity index (χ4v) is 5.68. The molecule has 1 unspecified atom stereocenters. The van der Waals surface area contributed by atoms with Crippen LogP contribution in [0.2, 0.25) is 0 Å². The largest absolute Gasteiger partial charge is 0.356 e. The molecule has 32 heavy (non-hydrogen) atoms. The number of fused-ring (bicyclic) bond motifs is 1. The van der Waals surface area contributed by atoms with Gasteiger partial charge in [-0.25, -0.2) is 41.0 Å². The van der Waals surface area contributed by atoms with E-state index in [4.69, 9.17) is 0 Å². The van der Waals surface area contributed by atoms with Crippen molar-refractivity contribution in [3.05, 3.63) is 36.4 Å². The molecule has 1 atom stereocenters. The number of rotatable bonds is 4. The fraction of sp³-hybridized carbons (Fsp3) is 0.500. The smallest absolute Gasteiger partial charge is 0.282 e. The number of aromatic nitrogens is 5. The summed E-state index contributed by atoms with van der Waals surface area (Å²) >= 11 is 0. The van der Waals surface area contributed by atoms with Crippen LogP contribution < -0.4 is 4.90 Å². The first kappa shape index (κ1) is 21.1. The predicted molar refractivity (Wildman–Crippen MR) is 114 cm³/mol. The molecule has 3 aromatic rings. The molecule has 3 aromatic heterocycles. The molecule has 5 rings (SSSR count). The van der Waals surface area contributed by atoms with Crippen LogP contribution in [0.15, 0.2) is 30.7 Å². The van der Waals surface area contributed by atoms with Crippen molar-refractivity contribution < 1.29 is 17.2 Å². The Balaban J connectivity index is 1.44. The van der Waals surface area contributed by atoms with Gasteiger partial charge in [-0.1, -0.05) is 0 Å². The molecule has 1 spiro atoms. The number of hydrogen-bond acceptors (Lipinski definition) is 7. The summed E-state index contributed by atoms with van der Waals surface area (Å²) in [4.78, 5) is 15.2. The summed E-state index contributed by atoms with van der Waals surface area (Å²) in [6.45, 7) is 2.57. The van der Waals surface area contributed by atoms with Gasteiger partial charge < -0.3 is 4.90 Å². The number of anilines is 1. The molecule has 2 fully saturated rings. The number of sulfonamides is 1. The minimum Gasteiger partial charge on any atom is -0.356 e. The highest BCUT2D eigenvalue weighted by atomic mass is 32.2. The highest BCUT2D eigenvalue weighted by Gasteiger charge is 2.44. The van der Waals surface area contributed by atoms with Gasteiger partial charge in [0, 0.05) is 37.7 Å². The van der Waals surface area contributed by atoms with Crippen molar-refractivity contribution in [2.75, 3.05) is 37.3 Å². The Labute approximate surface area is 184 Å². The minimum atomic E-state index is -3.21. The van der Waals surface area contributed by atoms with Crippen LogP contribution in [0.5, 0.6) is 0 Å². The van der Waals surface area contributed by atoms with E-state index in [-0.39, 0.29) is 11.1 Å². The highest BCUT2D eigenvalue weighted by molar-refractivity contribution is 7.88. The molecule has 0 saturated carbocycles. The minimum absolute atomic E-state index is 0.0938. The summed E-state index contributed by atoms with van der Waals surface area (Å²) in [6, 6.07) is 4.57. The normalized spacial score (nSPS) is 22.4. The quantitative estimate of drug-likeness (QED) is 0.586. The molecular formula is C20H23F2N7O2S. The van der Waals surface area contributed by atoms with Crippen molar-refractivity contribution in [2.45, 2.75) is 25.7 Å². The lowest BCUT2D eigenvalue weighted by Gasteiger charge is -2.41. The summed E-state index contributed by atoms with van der Waals surface area (Å²) in [6.07, 6.45) is 4.31. The Kier molecular flexibility index (Phi) is 5.08. The summed E-state index contributed by atoms with van der Waals surface area (Å²) in [5, 5.41) is 4.01. The van der Waals surface area contributed by atoms with Gasteiger partial charge in [-0.2, -0.15) is 5.10 Å². The lowest BCUT2D eigenvalue weighted by atomic mass is 9.79. The molecule has 0 N–H and O–H groups in total. The van der Waals surface area contributed by atoms with E-state index in [1.807, 2.05) is 6.07 Å². The van der Waals surface area contributed by atoms with Crippen LogP contribution in [0.1, 0.15) is 31.4 Å². The number of imidazole rings is 1. The molecule has 9 nitrogen and oxygen atoms in total. The zero-order valence-corrected chi connectivity index (χ0v) is 18.3. The zero-order chi connectivity index (χ0) is 22.5. The average Bonchev–Trinajstić information content (AvgIpc) is 3.38. The third-order valence-corrected chi connectivity index (χ3v) is 7.63. The molecule has 0 bridgehead atoms. The summed E-state index contributed by atoms with van der Waals surface area (Å²) in [5.41, 5.74) is 1.06. The van der Waals surface area contributed by atoms with Crippen molar-refractivity contribution in [1.29, 1.82) is 0 Å². The third-order valence-electron chi connectivity index (χ3n) is 6.38. The number of nitrogens with zero attached hydrogens (tertiary/aromatic N) is 7.